The highest BCUT2D eigenvalue weighted by Gasteiger charge is 2.26. The van der Waals surface area contributed by atoms with E-state index in [1.807, 2.05) is 35.4 Å². The SMILES string of the molecule is CCC1CCCCN1C(=O)c1ccc(N2CCN(c3ccccn3)CC2)nc1. The van der Waals surface area contributed by atoms with Crippen molar-refractivity contribution in [1.29, 1.82) is 0 Å². The Hall–Kier alpha value is -2.63. The average Bonchev–Trinajstić information content (AvgIpc) is 2.79. The Balaban J connectivity index is 1.38. The summed E-state index contributed by atoms with van der Waals surface area (Å²) in [5.41, 5.74) is 0.705. The molecule has 4 heterocycles. The molecule has 0 spiro atoms. The van der Waals surface area contributed by atoms with Crippen LogP contribution in [0.5, 0.6) is 0 Å². The molecule has 0 radical (unpaired) electrons. The van der Waals surface area contributed by atoms with Crippen molar-refractivity contribution in [2.75, 3.05) is 42.5 Å². The lowest BCUT2D eigenvalue weighted by atomic mass is 9.99. The van der Waals surface area contributed by atoms with Crippen molar-refractivity contribution in [3.05, 3.63) is 48.3 Å². The fourth-order valence-electron chi connectivity index (χ4n) is 4.26. The number of carbonyl (C=O) groups excluding carboxylic acids is 1. The number of carbonyl (C=O) groups is 1. The lowest BCUT2D eigenvalue weighted by Crippen LogP contribution is -2.47. The lowest BCUT2D eigenvalue weighted by Gasteiger charge is -2.36. The Labute approximate surface area is 167 Å². The van der Waals surface area contributed by atoms with Crippen LogP contribution in [-0.4, -0.2) is 59.5 Å². The number of pyridine rings is 2. The zero-order valence-electron chi connectivity index (χ0n) is 16.6. The molecule has 2 aromatic rings. The molecule has 2 aromatic heterocycles. The number of hydrogen-bond acceptors (Lipinski definition) is 5. The van der Waals surface area contributed by atoms with E-state index in [-0.39, 0.29) is 5.91 Å². The van der Waals surface area contributed by atoms with Gasteiger partial charge in [-0.1, -0.05) is 13.0 Å². The van der Waals surface area contributed by atoms with Crippen LogP contribution in [0.4, 0.5) is 11.6 Å². The minimum atomic E-state index is 0.130. The molecule has 0 aromatic carbocycles. The monoisotopic (exact) mass is 379 g/mol. The molecular weight excluding hydrogens is 350 g/mol. The second-order valence-electron chi connectivity index (χ2n) is 7.62. The van der Waals surface area contributed by atoms with Crippen molar-refractivity contribution in [2.45, 2.75) is 38.6 Å². The van der Waals surface area contributed by atoms with Gasteiger partial charge in [-0.25, -0.2) is 9.97 Å². The number of hydrogen-bond donors (Lipinski definition) is 0. The van der Waals surface area contributed by atoms with E-state index in [2.05, 4.69) is 32.8 Å². The van der Waals surface area contributed by atoms with E-state index < -0.39 is 0 Å². The van der Waals surface area contributed by atoms with Gasteiger partial charge in [0.1, 0.15) is 11.6 Å². The fourth-order valence-corrected chi connectivity index (χ4v) is 4.26. The third kappa shape index (κ3) is 3.96. The number of nitrogens with zero attached hydrogens (tertiary/aromatic N) is 5. The van der Waals surface area contributed by atoms with Crippen molar-refractivity contribution in [1.82, 2.24) is 14.9 Å². The fraction of sp³-hybridized carbons (Fsp3) is 0.500. The summed E-state index contributed by atoms with van der Waals surface area (Å²) in [5.74, 6) is 2.11. The third-order valence-corrected chi connectivity index (χ3v) is 5.93. The molecule has 0 aliphatic carbocycles. The summed E-state index contributed by atoms with van der Waals surface area (Å²) in [6.07, 6.45) is 8.07. The van der Waals surface area contributed by atoms with Gasteiger partial charge in [-0.15, -0.1) is 0 Å². The number of piperazine rings is 1. The topological polar surface area (TPSA) is 52.6 Å². The lowest BCUT2D eigenvalue weighted by molar-refractivity contribution is 0.0607. The zero-order valence-corrected chi connectivity index (χ0v) is 16.6. The van der Waals surface area contributed by atoms with Crippen LogP contribution in [0.15, 0.2) is 42.7 Å². The number of likely N-dealkylation sites (tertiary alicyclic amines) is 1. The maximum absolute atomic E-state index is 12.9. The van der Waals surface area contributed by atoms with Crippen LogP contribution in [0.25, 0.3) is 0 Å². The first kappa shape index (κ1) is 18.7. The predicted molar refractivity (Wildman–Crippen MR) is 112 cm³/mol. The Morgan fingerprint density at radius 1 is 0.964 bits per heavy atom. The van der Waals surface area contributed by atoms with Crippen LogP contribution >= 0.6 is 0 Å². The zero-order chi connectivity index (χ0) is 19.3. The minimum Gasteiger partial charge on any atom is -0.353 e. The molecule has 6 nitrogen and oxygen atoms in total. The van der Waals surface area contributed by atoms with Gasteiger partial charge in [0.2, 0.25) is 0 Å². The first-order chi connectivity index (χ1) is 13.8. The van der Waals surface area contributed by atoms with E-state index in [0.717, 1.165) is 63.6 Å². The molecule has 1 unspecified atom stereocenters. The highest BCUT2D eigenvalue weighted by Crippen LogP contribution is 2.23. The van der Waals surface area contributed by atoms with E-state index in [1.165, 1.54) is 6.42 Å². The van der Waals surface area contributed by atoms with E-state index in [4.69, 9.17) is 0 Å². The number of anilines is 2. The van der Waals surface area contributed by atoms with E-state index in [0.29, 0.717) is 11.6 Å². The Kier molecular flexibility index (Phi) is 5.74. The van der Waals surface area contributed by atoms with Crippen molar-refractivity contribution < 1.29 is 4.79 Å². The summed E-state index contributed by atoms with van der Waals surface area (Å²) in [6, 6.07) is 10.3. The molecule has 1 atom stereocenters. The Morgan fingerprint density at radius 2 is 1.71 bits per heavy atom. The molecule has 2 aliphatic rings. The molecule has 28 heavy (non-hydrogen) atoms. The molecule has 4 rings (SSSR count). The van der Waals surface area contributed by atoms with Gasteiger partial charge in [-0.05, 0) is 49.9 Å². The van der Waals surface area contributed by atoms with Gasteiger partial charge in [0.05, 0.1) is 5.56 Å². The van der Waals surface area contributed by atoms with Gasteiger partial charge in [-0.2, -0.15) is 0 Å². The number of aromatic nitrogens is 2. The first-order valence-corrected chi connectivity index (χ1v) is 10.4. The number of amides is 1. The standard InChI is InChI=1S/C22H29N5O/c1-2-19-7-4-6-12-27(19)22(28)18-9-10-21(24-17-18)26-15-13-25(14-16-26)20-8-3-5-11-23-20/h3,5,8-11,17,19H,2,4,6-7,12-16H2,1H3. The summed E-state index contributed by atoms with van der Waals surface area (Å²) in [6.45, 7) is 6.69. The van der Waals surface area contributed by atoms with E-state index >= 15 is 0 Å². The highest BCUT2D eigenvalue weighted by atomic mass is 16.2. The molecule has 0 N–H and O–H groups in total. The molecule has 6 heteroatoms. The van der Waals surface area contributed by atoms with Crippen LogP contribution in [0.3, 0.4) is 0 Å². The van der Waals surface area contributed by atoms with Crippen molar-refractivity contribution in [2.24, 2.45) is 0 Å². The molecule has 148 valence electrons. The molecule has 2 fully saturated rings. The molecule has 0 bridgehead atoms. The minimum absolute atomic E-state index is 0.130. The van der Waals surface area contributed by atoms with Gasteiger partial charge in [0.15, 0.2) is 0 Å². The van der Waals surface area contributed by atoms with Crippen molar-refractivity contribution >= 4 is 17.5 Å². The quantitative estimate of drug-likeness (QED) is 0.816. The van der Waals surface area contributed by atoms with Crippen molar-refractivity contribution in [3.8, 4) is 0 Å². The second kappa shape index (κ2) is 8.59. The summed E-state index contributed by atoms with van der Waals surface area (Å²) >= 11 is 0. The summed E-state index contributed by atoms with van der Waals surface area (Å²) in [7, 11) is 0. The first-order valence-electron chi connectivity index (χ1n) is 10.4. The van der Waals surface area contributed by atoms with Gasteiger partial charge >= 0.3 is 0 Å². The molecule has 2 aliphatic heterocycles. The Bertz CT molecular complexity index is 771. The second-order valence-corrected chi connectivity index (χ2v) is 7.62. The van der Waals surface area contributed by atoms with Gasteiger partial charge in [0, 0.05) is 51.2 Å². The van der Waals surface area contributed by atoms with Crippen LogP contribution in [0, 0.1) is 0 Å². The van der Waals surface area contributed by atoms with Crippen LogP contribution < -0.4 is 9.80 Å². The van der Waals surface area contributed by atoms with Crippen LogP contribution in [0.1, 0.15) is 43.0 Å². The summed E-state index contributed by atoms with van der Waals surface area (Å²) in [5, 5.41) is 0. The van der Waals surface area contributed by atoms with Gasteiger partial charge in [0.25, 0.3) is 5.91 Å². The molecule has 1 amide bonds. The predicted octanol–water partition coefficient (Wildman–Crippen LogP) is 3.21. The van der Waals surface area contributed by atoms with Crippen molar-refractivity contribution in [3.63, 3.8) is 0 Å². The van der Waals surface area contributed by atoms with Gasteiger partial charge < -0.3 is 14.7 Å². The summed E-state index contributed by atoms with van der Waals surface area (Å²) in [4.78, 5) is 28.6. The Morgan fingerprint density at radius 3 is 2.32 bits per heavy atom. The van der Waals surface area contributed by atoms with Crippen LogP contribution in [-0.2, 0) is 0 Å². The normalized spacial score (nSPS) is 20.3. The molecule has 2 saturated heterocycles. The maximum Gasteiger partial charge on any atom is 0.255 e. The number of rotatable bonds is 4. The average molecular weight is 380 g/mol. The molecule has 0 saturated carbocycles. The highest BCUT2D eigenvalue weighted by molar-refractivity contribution is 5.94. The number of piperidine rings is 1. The summed E-state index contributed by atoms with van der Waals surface area (Å²) < 4.78 is 0. The third-order valence-electron chi connectivity index (χ3n) is 5.93. The van der Waals surface area contributed by atoms with E-state index in [1.54, 1.807) is 6.20 Å². The van der Waals surface area contributed by atoms with Gasteiger partial charge in [-0.3, -0.25) is 4.79 Å². The maximum atomic E-state index is 12.9. The van der Waals surface area contributed by atoms with E-state index in [9.17, 15) is 4.79 Å². The van der Waals surface area contributed by atoms with Crippen LogP contribution in [0.2, 0.25) is 0 Å². The largest absolute Gasteiger partial charge is 0.353 e. The smallest absolute Gasteiger partial charge is 0.255 e. The molecular formula is C22H29N5O.